The Balaban J connectivity index is 1.51. The summed E-state index contributed by atoms with van der Waals surface area (Å²) in [6.07, 6.45) is 3.09. The highest BCUT2D eigenvalue weighted by molar-refractivity contribution is 5.96. The van der Waals surface area contributed by atoms with Crippen molar-refractivity contribution in [3.8, 4) is 5.88 Å². The van der Waals surface area contributed by atoms with E-state index in [4.69, 9.17) is 4.74 Å². The minimum atomic E-state index is -0.0909. The molecule has 7 heteroatoms. The van der Waals surface area contributed by atoms with Crippen LogP contribution in [0.5, 0.6) is 5.88 Å². The predicted octanol–water partition coefficient (Wildman–Crippen LogP) is 2.60. The second-order valence-electron chi connectivity index (χ2n) is 6.63. The number of piperidine rings is 1. The van der Waals surface area contributed by atoms with Gasteiger partial charge in [-0.15, -0.1) is 0 Å². The molecule has 7 nitrogen and oxygen atoms in total. The number of fused-ring (bicyclic) bond motifs is 1. The van der Waals surface area contributed by atoms with Crippen molar-refractivity contribution in [2.45, 2.75) is 25.8 Å². The zero-order chi connectivity index (χ0) is 18.8. The van der Waals surface area contributed by atoms with Crippen LogP contribution in [0.25, 0.3) is 11.0 Å². The number of nitrogens with zero attached hydrogens (tertiary/aromatic N) is 3. The second-order valence-corrected chi connectivity index (χ2v) is 6.63. The van der Waals surface area contributed by atoms with Crippen LogP contribution in [0.4, 0.5) is 0 Å². The molecule has 0 spiro atoms. The van der Waals surface area contributed by atoms with Gasteiger partial charge in [0.2, 0.25) is 5.88 Å². The number of para-hydroxylation sites is 2. The number of carbonyl (C=O) groups excluding carboxylic acids is 1. The molecule has 0 atom stereocenters. The predicted molar refractivity (Wildman–Crippen MR) is 102 cm³/mol. The third-order valence-electron chi connectivity index (χ3n) is 5.02. The molecule has 0 bridgehead atoms. The van der Waals surface area contributed by atoms with Crippen LogP contribution >= 0.6 is 0 Å². The number of likely N-dealkylation sites (tertiary alicyclic amines) is 1. The first kappa shape index (κ1) is 17.3. The molecular weight excluding hydrogens is 344 g/mol. The van der Waals surface area contributed by atoms with E-state index in [1.165, 1.54) is 0 Å². The van der Waals surface area contributed by atoms with Crippen molar-refractivity contribution in [3.05, 3.63) is 58.6 Å². The van der Waals surface area contributed by atoms with Gasteiger partial charge >= 0.3 is 5.69 Å². The van der Waals surface area contributed by atoms with Crippen LogP contribution in [0.1, 0.15) is 36.2 Å². The quantitative estimate of drug-likeness (QED) is 0.770. The van der Waals surface area contributed by atoms with Crippen LogP contribution in [-0.2, 0) is 0 Å². The standard InChI is InChI=1S/C20H22N4O3/c1-2-27-18-15(6-5-11-21-18)19(25)23-12-9-14(10-13-23)24-17-8-4-3-7-16(17)22-20(24)26/h3-8,11,14H,2,9-10,12-13H2,1H3,(H,22,26). The molecule has 0 radical (unpaired) electrons. The maximum absolute atomic E-state index is 12.9. The van der Waals surface area contributed by atoms with E-state index in [2.05, 4.69) is 9.97 Å². The monoisotopic (exact) mass is 366 g/mol. The summed E-state index contributed by atoms with van der Waals surface area (Å²) in [5, 5.41) is 0. The number of carbonyl (C=O) groups is 1. The Morgan fingerprint density at radius 1 is 1.22 bits per heavy atom. The SMILES string of the molecule is CCOc1ncccc1C(=O)N1CCC(n2c(=O)[nH]c3ccccc32)CC1. The van der Waals surface area contributed by atoms with Gasteiger partial charge in [0.05, 0.1) is 17.6 Å². The van der Waals surface area contributed by atoms with Gasteiger partial charge < -0.3 is 14.6 Å². The maximum Gasteiger partial charge on any atom is 0.326 e. The Morgan fingerprint density at radius 3 is 2.78 bits per heavy atom. The van der Waals surface area contributed by atoms with E-state index >= 15 is 0 Å². The Labute approximate surface area is 156 Å². The fraction of sp³-hybridized carbons (Fsp3) is 0.350. The maximum atomic E-state index is 12.9. The van der Waals surface area contributed by atoms with Crippen molar-refractivity contribution in [1.29, 1.82) is 0 Å². The average molecular weight is 366 g/mol. The van der Waals surface area contributed by atoms with Gasteiger partial charge in [0.1, 0.15) is 5.56 Å². The number of ether oxygens (including phenoxy) is 1. The smallest absolute Gasteiger partial charge is 0.326 e. The molecule has 1 aliphatic rings. The number of imidazole rings is 1. The van der Waals surface area contributed by atoms with Crippen LogP contribution in [-0.4, -0.2) is 45.0 Å². The Kier molecular flexibility index (Phi) is 4.66. The number of aromatic nitrogens is 3. The third kappa shape index (κ3) is 3.20. The van der Waals surface area contributed by atoms with Crippen LogP contribution < -0.4 is 10.4 Å². The molecule has 0 saturated carbocycles. The van der Waals surface area contributed by atoms with E-state index in [-0.39, 0.29) is 17.6 Å². The van der Waals surface area contributed by atoms with Gasteiger partial charge in [-0.05, 0) is 44.0 Å². The molecule has 1 aliphatic heterocycles. The second kappa shape index (κ2) is 7.26. The highest BCUT2D eigenvalue weighted by Crippen LogP contribution is 2.26. The molecule has 3 aromatic rings. The van der Waals surface area contributed by atoms with Gasteiger partial charge in [-0.3, -0.25) is 9.36 Å². The lowest BCUT2D eigenvalue weighted by Gasteiger charge is -2.32. The number of hydrogen-bond acceptors (Lipinski definition) is 4. The Hall–Kier alpha value is -3.09. The molecular formula is C20H22N4O3. The minimum absolute atomic E-state index is 0.0729. The normalized spacial score (nSPS) is 15.2. The summed E-state index contributed by atoms with van der Waals surface area (Å²) in [4.78, 5) is 34.2. The van der Waals surface area contributed by atoms with Crippen LogP contribution in [0.15, 0.2) is 47.4 Å². The molecule has 1 N–H and O–H groups in total. The zero-order valence-electron chi connectivity index (χ0n) is 15.2. The third-order valence-corrected chi connectivity index (χ3v) is 5.02. The molecule has 1 fully saturated rings. The van der Waals surface area contributed by atoms with Crippen molar-refractivity contribution in [2.75, 3.05) is 19.7 Å². The number of nitrogens with one attached hydrogen (secondary N) is 1. The number of H-pyrrole nitrogens is 1. The van der Waals surface area contributed by atoms with Crippen LogP contribution in [0.2, 0.25) is 0 Å². The lowest BCUT2D eigenvalue weighted by molar-refractivity contribution is 0.0690. The van der Waals surface area contributed by atoms with Crippen molar-refractivity contribution >= 4 is 16.9 Å². The summed E-state index contributed by atoms with van der Waals surface area (Å²) in [6, 6.07) is 11.3. The van der Waals surface area contributed by atoms with Crippen LogP contribution in [0.3, 0.4) is 0 Å². The summed E-state index contributed by atoms with van der Waals surface area (Å²) in [7, 11) is 0. The van der Waals surface area contributed by atoms with E-state index in [1.54, 1.807) is 18.3 Å². The Bertz CT molecular complexity index is 1020. The lowest BCUT2D eigenvalue weighted by Crippen LogP contribution is -2.40. The van der Waals surface area contributed by atoms with Gasteiger partial charge in [0.25, 0.3) is 5.91 Å². The number of pyridine rings is 1. The number of amides is 1. The van der Waals surface area contributed by atoms with E-state index < -0.39 is 0 Å². The van der Waals surface area contributed by atoms with Gasteiger partial charge in [0, 0.05) is 25.3 Å². The fourth-order valence-corrected chi connectivity index (χ4v) is 3.74. The lowest BCUT2D eigenvalue weighted by atomic mass is 10.0. The largest absolute Gasteiger partial charge is 0.477 e. The zero-order valence-corrected chi connectivity index (χ0v) is 15.2. The molecule has 2 aromatic heterocycles. The molecule has 1 aromatic carbocycles. The van der Waals surface area contributed by atoms with Crippen molar-refractivity contribution in [1.82, 2.24) is 19.4 Å². The molecule has 3 heterocycles. The molecule has 140 valence electrons. The first-order valence-corrected chi connectivity index (χ1v) is 9.25. The summed E-state index contributed by atoms with van der Waals surface area (Å²) in [5.41, 5.74) is 2.16. The summed E-state index contributed by atoms with van der Waals surface area (Å²) in [5.74, 6) is 0.302. The number of rotatable bonds is 4. The average Bonchev–Trinajstić information content (AvgIpc) is 3.04. The molecule has 0 unspecified atom stereocenters. The van der Waals surface area contributed by atoms with E-state index in [0.717, 1.165) is 23.9 Å². The molecule has 27 heavy (non-hydrogen) atoms. The molecule has 0 aliphatic carbocycles. The number of aromatic amines is 1. The van der Waals surface area contributed by atoms with Crippen LogP contribution in [0, 0.1) is 0 Å². The van der Waals surface area contributed by atoms with Gasteiger partial charge in [-0.2, -0.15) is 0 Å². The molecule has 4 rings (SSSR count). The van der Waals surface area contributed by atoms with Gasteiger partial charge in [0.15, 0.2) is 0 Å². The van der Waals surface area contributed by atoms with Gasteiger partial charge in [-0.1, -0.05) is 12.1 Å². The highest BCUT2D eigenvalue weighted by atomic mass is 16.5. The van der Waals surface area contributed by atoms with E-state index in [9.17, 15) is 9.59 Å². The summed E-state index contributed by atoms with van der Waals surface area (Å²) in [6.45, 7) is 3.52. The first-order chi connectivity index (χ1) is 13.2. The minimum Gasteiger partial charge on any atom is -0.477 e. The van der Waals surface area contributed by atoms with E-state index in [0.29, 0.717) is 31.1 Å². The summed E-state index contributed by atoms with van der Waals surface area (Å²) < 4.78 is 7.31. The highest BCUT2D eigenvalue weighted by Gasteiger charge is 2.28. The first-order valence-electron chi connectivity index (χ1n) is 9.25. The molecule has 1 amide bonds. The molecule has 1 saturated heterocycles. The topological polar surface area (TPSA) is 80.2 Å². The Morgan fingerprint density at radius 2 is 2.00 bits per heavy atom. The van der Waals surface area contributed by atoms with Crippen molar-refractivity contribution in [2.24, 2.45) is 0 Å². The number of hydrogen-bond donors (Lipinski definition) is 1. The van der Waals surface area contributed by atoms with Crippen molar-refractivity contribution in [3.63, 3.8) is 0 Å². The van der Waals surface area contributed by atoms with E-state index in [1.807, 2.05) is 40.7 Å². The summed E-state index contributed by atoms with van der Waals surface area (Å²) >= 11 is 0. The van der Waals surface area contributed by atoms with Gasteiger partial charge in [-0.25, -0.2) is 9.78 Å². The fourth-order valence-electron chi connectivity index (χ4n) is 3.74. The number of benzene rings is 1. The van der Waals surface area contributed by atoms with Crippen molar-refractivity contribution < 1.29 is 9.53 Å².